The van der Waals surface area contributed by atoms with Crippen molar-refractivity contribution in [2.45, 2.75) is 44.5 Å². The molecular weight excluding hydrogens is 465 g/mol. The van der Waals surface area contributed by atoms with Crippen molar-refractivity contribution >= 4 is 11.6 Å². The van der Waals surface area contributed by atoms with Crippen LogP contribution in [-0.2, 0) is 17.9 Å². The van der Waals surface area contributed by atoms with Crippen LogP contribution in [0.15, 0.2) is 78.9 Å². The molecule has 1 saturated heterocycles. The van der Waals surface area contributed by atoms with Crippen molar-refractivity contribution in [3.05, 3.63) is 107 Å². The second kappa shape index (κ2) is 9.82. The van der Waals surface area contributed by atoms with Crippen molar-refractivity contribution in [1.82, 2.24) is 4.90 Å². The second-order valence-corrected chi connectivity index (χ2v) is 9.58. The van der Waals surface area contributed by atoms with Gasteiger partial charge in [0.05, 0.1) is 5.54 Å². The molecule has 1 amide bonds. The van der Waals surface area contributed by atoms with E-state index >= 15 is 0 Å². The summed E-state index contributed by atoms with van der Waals surface area (Å²) in [6, 6.07) is 17.4. The van der Waals surface area contributed by atoms with Gasteiger partial charge in [-0.05, 0) is 49.1 Å². The highest BCUT2D eigenvalue weighted by Gasteiger charge is 2.46. The highest BCUT2D eigenvalue weighted by atomic mass is 19.1. The molecule has 2 aliphatic rings. The Kier molecular flexibility index (Phi) is 6.58. The van der Waals surface area contributed by atoms with Crippen LogP contribution in [0.3, 0.4) is 0 Å². The average Bonchev–Trinajstić information content (AvgIpc) is 3.14. The van der Waals surface area contributed by atoms with Crippen molar-refractivity contribution in [2.75, 3.05) is 11.4 Å². The van der Waals surface area contributed by atoms with Gasteiger partial charge >= 0.3 is 0 Å². The van der Waals surface area contributed by atoms with Gasteiger partial charge in [-0.3, -0.25) is 14.6 Å². The molecule has 5 rings (SSSR count). The lowest BCUT2D eigenvalue weighted by molar-refractivity contribution is -0.114. The summed E-state index contributed by atoms with van der Waals surface area (Å²) in [6.07, 6.45) is 5.05. The van der Waals surface area contributed by atoms with Crippen LogP contribution in [-0.4, -0.2) is 28.9 Å². The van der Waals surface area contributed by atoms with E-state index < -0.39 is 17.2 Å². The average molecular weight is 493 g/mol. The number of rotatable bonds is 6. The summed E-state index contributed by atoms with van der Waals surface area (Å²) >= 11 is 0. The summed E-state index contributed by atoms with van der Waals surface area (Å²) in [5.74, 6) is -1.68. The first-order valence-corrected chi connectivity index (χ1v) is 12.0. The maximum absolute atomic E-state index is 13.9. The number of likely N-dealkylation sites (tertiary alicyclic amines) is 1. The van der Waals surface area contributed by atoms with Crippen LogP contribution >= 0.6 is 0 Å². The molecule has 4 nitrogen and oxygen atoms in total. The zero-order chi connectivity index (χ0) is 25.3. The number of carbonyl (C=O) groups excluding carboxylic acids is 1. The largest absolute Gasteiger partial charge is 0.489 e. The van der Waals surface area contributed by atoms with Gasteiger partial charge in [-0.1, -0.05) is 36.4 Å². The van der Waals surface area contributed by atoms with E-state index in [0.717, 1.165) is 55.3 Å². The summed E-state index contributed by atoms with van der Waals surface area (Å²) in [6.45, 7) is 3.84. The Morgan fingerprint density at radius 2 is 1.69 bits per heavy atom. The van der Waals surface area contributed by atoms with E-state index in [1.807, 2.05) is 30.3 Å². The van der Waals surface area contributed by atoms with Crippen LogP contribution in [0.25, 0.3) is 0 Å². The molecule has 0 aliphatic carbocycles. The number of hydrogen-bond acceptors (Lipinski definition) is 3. The first-order valence-electron chi connectivity index (χ1n) is 12.0. The van der Waals surface area contributed by atoms with Crippen molar-refractivity contribution in [1.29, 1.82) is 0 Å². The summed E-state index contributed by atoms with van der Waals surface area (Å²) in [7, 11) is 0. The number of amides is 1. The van der Waals surface area contributed by atoms with E-state index in [4.69, 9.17) is 4.74 Å². The third-order valence-corrected chi connectivity index (χ3v) is 6.99. The van der Waals surface area contributed by atoms with Crippen LogP contribution in [0.4, 0.5) is 18.9 Å². The van der Waals surface area contributed by atoms with Gasteiger partial charge in [0.1, 0.15) is 29.8 Å². The quantitative estimate of drug-likeness (QED) is 0.423. The highest BCUT2D eigenvalue weighted by molar-refractivity contribution is 6.06. The van der Waals surface area contributed by atoms with Gasteiger partial charge in [-0.15, -0.1) is 0 Å². The Labute approximate surface area is 208 Å². The lowest BCUT2D eigenvalue weighted by atomic mass is 9.82. The van der Waals surface area contributed by atoms with Gasteiger partial charge < -0.3 is 4.74 Å². The van der Waals surface area contributed by atoms with Gasteiger partial charge in [-0.25, -0.2) is 13.2 Å². The molecule has 3 aromatic carbocycles. The summed E-state index contributed by atoms with van der Waals surface area (Å²) in [5.41, 5.74) is 2.12. The number of halogens is 3. The summed E-state index contributed by atoms with van der Waals surface area (Å²) in [5, 5.41) is 0. The topological polar surface area (TPSA) is 32.8 Å². The van der Waals surface area contributed by atoms with Crippen molar-refractivity contribution in [2.24, 2.45) is 0 Å². The van der Waals surface area contributed by atoms with Crippen molar-refractivity contribution in [3.8, 4) is 5.75 Å². The van der Waals surface area contributed by atoms with E-state index in [9.17, 15) is 18.0 Å². The van der Waals surface area contributed by atoms with Crippen molar-refractivity contribution < 1.29 is 22.7 Å². The van der Waals surface area contributed by atoms with Crippen LogP contribution in [0.2, 0.25) is 0 Å². The fraction of sp³-hybridized carbons (Fsp3) is 0.276. The van der Waals surface area contributed by atoms with E-state index in [0.29, 0.717) is 5.69 Å². The molecule has 0 bridgehead atoms. The minimum atomic E-state index is -0.676. The molecule has 36 heavy (non-hydrogen) atoms. The van der Waals surface area contributed by atoms with Gasteiger partial charge in [-0.2, -0.15) is 0 Å². The molecule has 0 radical (unpaired) electrons. The zero-order valence-corrected chi connectivity index (χ0v) is 20.0. The monoisotopic (exact) mass is 492 g/mol. The minimum Gasteiger partial charge on any atom is -0.489 e. The molecule has 0 aromatic heterocycles. The van der Waals surface area contributed by atoms with Gasteiger partial charge in [0, 0.05) is 49.1 Å². The molecule has 7 heteroatoms. The number of anilines is 1. The van der Waals surface area contributed by atoms with Gasteiger partial charge in [0.25, 0.3) is 5.91 Å². The van der Waals surface area contributed by atoms with Crippen molar-refractivity contribution in [3.63, 3.8) is 0 Å². The minimum absolute atomic E-state index is 0.118. The molecule has 2 atom stereocenters. The smallest absolute Gasteiger partial charge is 0.251 e. The number of ether oxygens (including phenoxy) is 1. The lowest BCUT2D eigenvalue weighted by Crippen LogP contribution is -2.56. The molecule has 2 heterocycles. The van der Waals surface area contributed by atoms with Gasteiger partial charge in [0.15, 0.2) is 0 Å². The third-order valence-electron chi connectivity index (χ3n) is 6.99. The first kappa shape index (κ1) is 24.1. The maximum Gasteiger partial charge on any atom is 0.251 e. The lowest BCUT2D eigenvalue weighted by Gasteiger charge is -2.47. The normalized spacial score (nSPS) is 21.9. The van der Waals surface area contributed by atoms with E-state index in [1.54, 1.807) is 23.1 Å². The first-order chi connectivity index (χ1) is 17.3. The molecular formula is C29H27F3N2O2. The number of hydrogen-bond donors (Lipinski definition) is 0. The second-order valence-electron chi connectivity index (χ2n) is 9.58. The summed E-state index contributed by atoms with van der Waals surface area (Å²) < 4.78 is 46.3. The Bertz CT molecular complexity index is 1290. The number of benzene rings is 3. The predicted molar refractivity (Wildman–Crippen MR) is 132 cm³/mol. The molecule has 1 fully saturated rings. The SMILES string of the molecule is CC1CC2(C=CC(=O)N2c2cccc(F)c2)CCN1Cc1cccc(COc2cc(F)cc(F)c2)c1. The third kappa shape index (κ3) is 5.02. The van der Waals surface area contributed by atoms with E-state index in [1.165, 1.54) is 12.1 Å². The van der Waals surface area contributed by atoms with E-state index in [2.05, 4.69) is 11.8 Å². The Morgan fingerprint density at radius 1 is 0.944 bits per heavy atom. The molecule has 3 aromatic rings. The molecule has 0 saturated carbocycles. The molecule has 0 N–H and O–H groups in total. The van der Waals surface area contributed by atoms with Crippen LogP contribution in [0.5, 0.6) is 5.75 Å². The van der Waals surface area contributed by atoms with Crippen LogP contribution < -0.4 is 9.64 Å². The van der Waals surface area contributed by atoms with Crippen LogP contribution in [0, 0.1) is 17.5 Å². The zero-order valence-electron chi connectivity index (χ0n) is 20.0. The fourth-order valence-electron chi connectivity index (χ4n) is 5.32. The molecule has 2 unspecified atom stereocenters. The standard InChI is InChI=1S/C29H27F3N2O2/c1-20-17-29(9-8-28(35)34(29)26-7-3-6-23(30)14-26)10-11-33(20)18-21-4-2-5-22(12-21)19-36-27-15-24(31)13-25(32)16-27/h2-9,12-16,20H,10-11,17-19H2,1H3. The highest BCUT2D eigenvalue weighted by Crippen LogP contribution is 2.41. The predicted octanol–water partition coefficient (Wildman–Crippen LogP) is 6.01. The Hall–Kier alpha value is -3.58. The summed E-state index contributed by atoms with van der Waals surface area (Å²) in [4.78, 5) is 16.8. The Morgan fingerprint density at radius 3 is 2.44 bits per heavy atom. The Balaban J connectivity index is 1.25. The number of carbonyl (C=O) groups is 1. The van der Waals surface area contributed by atoms with Crippen LogP contribution in [0.1, 0.15) is 30.9 Å². The number of nitrogens with zero attached hydrogens (tertiary/aromatic N) is 2. The molecule has 2 aliphatic heterocycles. The fourth-order valence-corrected chi connectivity index (χ4v) is 5.32. The molecule has 186 valence electrons. The number of piperidine rings is 1. The van der Waals surface area contributed by atoms with E-state index in [-0.39, 0.29) is 30.1 Å². The van der Waals surface area contributed by atoms with Gasteiger partial charge in [0.2, 0.25) is 0 Å². The maximum atomic E-state index is 13.9. The molecule has 1 spiro atoms.